The first kappa shape index (κ1) is 23.2. The lowest BCUT2D eigenvalue weighted by atomic mass is 9.96. The molecule has 3 rings (SSSR count). The summed E-state index contributed by atoms with van der Waals surface area (Å²) in [6.45, 7) is 4.80. The molecule has 0 aromatic heterocycles. The van der Waals surface area contributed by atoms with Gasteiger partial charge >= 0.3 is 0 Å². The van der Waals surface area contributed by atoms with E-state index in [2.05, 4.69) is 17.4 Å². The average molecular weight is 436 g/mol. The number of rotatable bonds is 6. The van der Waals surface area contributed by atoms with Gasteiger partial charge < -0.3 is 11.1 Å². The summed E-state index contributed by atoms with van der Waals surface area (Å²) in [4.78, 5) is 26.7. The number of nitrogens with two attached hydrogens (primary N) is 1. The summed E-state index contributed by atoms with van der Waals surface area (Å²) < 4.78 is 0. The maximum Gasteiger partial charge on any atom is 0.237 e. The molecule has 2 aromatic carbocycles. The van der Waals surface area contributed by atoms with Crippen molar-refractivity contribution < 1.29 is 9.59 Å². The van der Waals surface area contributed by atoms with Crippen LogP contribution in [0.3, 0.4) is 0 Å². The van der Waals surface area contributed by atoms with Crippen LogP contribution in [0.1, 0.15) is 36.0 Å². The Kier molecular flexibility index (Phi) is 8.08. The van der Waals surface area contributed by atoms with Gasteiger partial charge in [-0.1, -0.05) is 48.0 Å². The van der Waals surface area contributed by atoms with Gasteiger partial charge in [0.05, 0.1) is 12.1 Å². The second-order valence-electron chi connectivity index (χ2n) is 7.49. The number of halogens is 2. The summed E-state index contributed by atoms with van der Waals surface area (Å²) >= 11 is 6.09. The third-order valence-electron chi connectivity index (χ3n) is 5.38. The molecule has 0 spiro atoms. The highest BCUT2D eigenvalue weighted by Crippen LogP contribution is 2.33. The molecule has 29 heavy (non-hydrogen) atoms. The van der Waals surface area contributed by atoms with Gasteiger partial charge in [-0.3, -0.25) is 14.5 Å². The number of carbonyl (C=O) groups is 2. The molecule has 1 heterocycles. The fourth-order valence-corrected chi connectivity index (χ4v) is 4.25. The number of aryl methyl sites for hydroxylation is 1. The Labute approximate surface area is 183 Å². The van der Waals surface area contributed by atoms with Crippen molar-refractivity contribution in [2.24, 2.45) is 5.73 Å². The molecule has 1 fully saturated rings. The number of likely N-dealkylation sites (tertiary alicyclic amines) is 1. The number of benzene rings is 2. The molecule has 3 N–H and O–H groups in total. The third-order valence-corrected chi connectivity index (χ3v) is 5.60. The molecule has 1 aliphatic rings. The molecule has 2 amide bonds. The van der Waals surface area contributed by atoms with Crippen LogP contribution in [0.15, 0.2) is 48.5 Å². The van der Waals surface area contributed by atoms with Crippen LogP contribution >= 0.6 is 24.0 Å². The van der Waals surface area contributed by atoms with Gasteiger partial charge in [-0.05, 0) is 55.0 Å². The lowest BCUT2D eigenvalue weighted by Crippen LogP contribution is -2.51. The van der Waals surface area contributed by atoms with Crippen LogP contribution in [0.2, 0.25) is 5.02 Å². The number of nitrogens with one attached hydrogen (secondary N) is 1. The maximum atomic E-state index is 12.7. The zero-order valence-corrected chi connectivity index (χ0v) is 18.2. The van der Waals surface area contributed by atoms with Crippen molar-refractivity contribution in [3.05, 3.63) is 70.2 Å². The molecule has 1 saturated heterocycles. The maximum absolute atomic E-state index is 12.7. The number of primary amides is 1. The van der Waals surface area contributed by atoms with Crippen molar-refractivity contribution in [3.8, 4) is 0 Å². The standard InChI is InChI=1S/C22H26ClN3O2.ClH/c1-14-8-16(10-19(23)9-14)12-25-22(28)15(2)26-13-18(11-20(26)21(24)27)17-6-4-3-5-7-17;/h3-10,15,18,20H,11-13H2,1-2H3,(H2,24,27)(H,25,28);1H/t15-,18?,20?;/m0./s1. The molecule has 0 bridgehead atoms. The van der Waals surface area contributed by atoms with E-state index in [0.29, 0.717) is 24.5 Å². The fourth-order valence-electron chi connectivity index (χ4n) is 3.94. The highest BCUT2D eigenvalue weighted by atomic mass is 35.5. The largest absolute Gasteiger partial charge is 0.368 e. The predicted molar refractivity (Wildman–Crippen MR) is 118 cm³/mol. The van der Waals surface area contributed by atoms with Crippen molar-refractivity contribution in [1.82, 2.24) is 10.2 Å². The third kappa shape index (κ3) is 5.72. The SMILES string of the molecule is Cc1cc(Cl)cc(CNC(=O)[C@H](C)N2CC(c3ccccc3)CC2C(N)=O)c1.Cl. The van der Waals surface area contributed by atoms with Crippen molar-refractivity contribution in [2.75, 3.05) is 6.54 Å². The lowest BCUT2D eigenvalue weighted by molar-refractivity contribution is -0.129. The Hall–Kier alpha value is -2.08. The molecule has 1 aliphatic heterocycles. The van der Waals surface area contributed by atoms with Crippen molar-refractivity contribution in [2.45, 2.75) is 44.8 Å². The Morgan fingerprint density at radius 2 is 1.93 bits per heavy atom. The van der Waals surface area contributed by atoms with Crippen LogP contribution in [0.4, 0.5) is 0 Å². The minimum Gasteiger partial charge on any atom is -0.368 e. The first-order valence-corrected chi connectivity index (χ1v) is 9.86. The molecule has 7 heteroatoms. The van der Waals surface area contributed by atoms with Crippen molar-refractivity contribution in [3.63, 3.8) is 0 Å². The Morgan fingerprint density at radius 1 is 1.24 bits per heavy atom. The number of nitrogens with zero attached hydrogens (tertiary/aromatic N) is 1. The molecule has 0 radical (unpaired) electrons. The van der Waals surface area contributed by atoms with E-state index >= 15 is 0 Å². The van der Waals surface area contributed by atoms with Crippen LogP contribution < -0.4 is 11.1 Å². The van der Waals surface area contributed by atoms with Gasteiger partial charge in [0.15, 0.2) is 0 Å². The van der Waals surface area contributed by atoms with Gasteiger partial charge in [0.1, 0.15) is 0 Å². The van der Waals surface area contributed by atoms with E-state index < -0.39 is 12.1 Å². The van der Waals surface area contributed by atoms with Gasteiger partial charge in [0, 0.05) is 18.1 Å². The Morgan fingerprint density at radius 3 is 2.55 bits per heavy atom. The number of carbonyl (C=O) groups excluding carboxylic acids is 2. The quantitative estimate of drug-likeness (QED) is 0.729. The summed E-state index contributed by atoms with van der Waals surface area (Å²) in [6.07, 6.45) is 0.629. The highest BCUT2D eigenvalue weighted by molar-refractivity contribution is 6.30. The highest BCUT2D eigenvalue weighted by Gasteiger charge is 2.40. The second kappa shape index (κ2) is 10.1. The molecule has 0 aliphatic carbocycles. The summed E-state index contributed by atoms with van der Waals surface area (Å²) in [5.74, 6) is -0.328. The summed E-state index contributed by atoms with van der Waals surface area (Å²) in [5, 5.41) is 3.60. The van der Waals surface area contributed by atoms with E-state index in [1.54, 1.807) is 0 Å². The van der Waals surface area contributed by atoms with Crippen LogP contribution in [0.25, 0.3) is 0 Å². The van der Waals surface area contributed by atoms with Crippen molar-refractivity contribution >= 4 is 35.8 Å². The number of hydrogen-bond acceptors (Lipinski definition) is 3. The van der Waals surface area contributed by atoms with E-state index in [1.165, 1.54) is 5.56 Å². The number of amides is 2. The van der Waals surface area contributed by atoms with Crippen LogP contribution in [0.5, 0.6) is 0 Å². The monoisotopic (exact) mass is 435 g/mol. The lowest BCUT2D eigenvalue weighted by Gasteiger charge is -2.28. The van der Waals surface area contributed by atoms with Crippen LogP contribution in [-0.2, 0) is 16.1 Å². The van der Waals surface area contributed by atoms with Gasteiger partial charge in [-0.2, -0.15) is 0 Å². The number of hydrogen-bond donors (Lipinski definition) is 2. The van der Waals surface area contributed by atoms with E-state index in [0.717, 1.165) is 11.1 Å². The zero-order valence-electron chi connectivity index (χ0n) is 16.6. The second-order valence-corrected chi connectivity index (χ2v) is 7.93. The summed E-state index contributed by atoms with van der Waals surface area (Å²) in [7, 11) is 0. The molecular formula is C22H27Cl2N3O2. The van der Waals surface area contributed by atoms with Gasteiger partial charge in [-0.15, -0.1) is 12.4 Å². The molecule has 5 nitrogen and oxygen atoms in total. The molecule has 3 atom stereocenters. The molecule has 2 aromatic rings. The first-order chi connectivity index (χ1) is 13.3. The zero-order chi connectivity index (χ0) is 20.3. The predicted octanol–water partition coefficient (Wildman–Crippen LogP) is 3.42. The molecule has 2 unspecified atom stereocenters. The van der Waals surface area contributed by atoms with E-state index in [-0.39, 0.29) is 30.1 Å². The minimum atomic E-state index is -0.452. The van der Waals surface area contributed by atoms with Gasteiger partial charge in [-0.25, -0.2) is 0 Å². The van der Waals surface area contributed by atoms with Crippen molar-refractivity contribution in [1.29, 1.82) is 0 Å². The molecule has 0 saturated carbocycles. The van der Waals surface area contributed by atoms with Gasteiger partial charge in [0.2, 0.25) is 11.8 Å². The van der Waals surface area contributed by atoms with Crippen LogP contribution in [0, 0.1) is 6.92 Å². The van der Waals surface area contributed by atoms with Gasteiger partial charge in [0.25, 0.3) is 0 Å². The summed E-state index contributed by atoms with van der Waals surface area (Å²) in [5.41, 5.74) is 8.79. The normalized spacial score (nSPS) is 20.0. The fraction of sp³-hybridized carbons (Fsp3) is 0.364. The Balaban J connectivity index is 0.00000300. The minimum absolute atomic E-state index is 0. The molecule has 156 valence electrons. The topological polar surface area (TPSA) is 75.4 Å². The molecular weight excluding hydrogens is 409 g/mol. The first-order valence-electron chi connectivity index (χ1n) is 9.49. The smallest absolute Gasteiger partial charge is 0.237 e. The average Bonchev–Trinajstić information content (AvgIpc) is 3.11. The Bertz CT molecular complexity index is 840. The van der Waals surface area contributed by atoms with E-state index in [9.17, 15) is 9.59 Å². The van der Waals surface area contributed by atoms with E-state index in [4.69, 9.17) is 17.3 Å². The van der Waals surface area contributed by atoms with E-state index in [1.807, 2.05) is 55.1 Å². The van der Waals surface area contributed by atoms with Crippen LogP contribution in [-0.4, -0.2) is 35.3 Å². The summed E-state index contributed by atoms with van der Waals surface area (Å²) in [6, 6.07) is 14.9.